The molecule has 0 saturated carbocycles. The Hall–Kier alpha value is -0.410. The topological polar surface area (TPSA) is 52.6 Å². The molecular weight excluding hydrogens is 244 g/mol. The van der Waals surface area contributed by atoms with Crippen LogP contribution in [0.2, 0.25) is 0 Å². The summed E-state index contributed by atoms with van der Waals surface area (Å²) in [4.78, 5) is 0. The van der Waals surface area contributed by atoms with Gasteiger partial charge >= 0.3 is 16.6 Å². The molecular formula is C6H12F4O4S. The molecule has 0 aliphatic heterocycles. The normalized spacial score (nSPS) is 13.5. The Morgan fingerprint density at radius 2 is 1.53 bits per heavy atom. The van der Waals surface area contributed by atoms with E-state index >= 15 is 0 Å². The van der Waals surface area contributed by atoms with Gasteiger partial charge in [0.15, 0.2) is 6.61 Å². The van der Waals surface area contributed by atoms with Crippen molar-refractivity contribution in [3.05, 3.63) is 0 Å². The molecule has 0 unspecified atom stereocenters. The molecule has 0 aromatic rings. The van der Waals surface area contributed by atoms with Crippen molar-refractivity contribution in [3.63, 3.8) is 0 Å². The van der Waals surface area contributed by atoms with Gasteiger partial charge in [-0.3, -0.25) is 4.70 Å². The monoisotopic (exact) mass is 256 g/mol. The molecule has 0 amide bonds. The average molecular weight is 256 g/mol. The Morgan fingerprint density at radius 3 is 1.80 bits per heavy atom. The van der Waals surface area contributed by atoms with Gasteiger partial charge in [0, 0.05) is 0 Å². The van der Waals surface area contributed by atoms with Gasteiger partial charge in [0.2, 0.25) is 0 Å². The molecule has 15 heavy (non-hydrogen) atoms. The summed E-state index contributed by atoms with van der Waals surface area (Å²) in [7, 11) is -4.59. The van der Waals surface area contributed by atoms with Crippen LogP contribution < -0.4 is 0 Å². The van der Waals surface area contributed by atoms with Crippen molar-refractivity contribution < 1.29 is 34.7 Å². The summed E-state index contributed by atoms with van der Waals surface area (Å²) in [6.45, 7) is 2.25. The summed E-state index contributed by atoms with van der Waals surface area (Å²) in [5, 5.41) is 0. The third kappa shape index (κ3) is 11.5. The SMILES string of the molecule is CC(C)(C)OS(=O)(=O)OCC(F)(F)F.F. The fraction of sp³-hybridized carbons (Fsp3) is 1.00. The zero-order chi connectivity index (χ0) is 11.6. The van der Waals surface area contributed by atoms with Gasteiger partial charge in [-0.25, -0.2) is 8.37 Å². The lowest BCUT2D eigenvalue weighted by molar-refractivity contribution is -0.155. The maximum atomic E-state index is 11.6. The van der Waals surface area contributed by atoms with Gasteiger partial charge < -0.3 is 0 Å². The zero-order valence-electron chi connectivity index (χ0n) is 8.29. The molecule has 0 aliphatic rings. The van der Waals surface area contributed by atoms with Crippen molar-refractivity contribution in [3.8, 4) is 0 Å². The van der Waals surface area contributed by atoms with Gasteiger partial charge in [-0.2, -0.15) is 21.6 Å². The van der Waals surface area contributed by atoms with Crippen molar-refractivity contribution in [2.45, 2.75) is 32.5 Å². The van der Waals surface area contributed by atoms with Crippen LogP contribution in [0.5, 0.6) is 0 Å². The maximum Gasteiger partial charge on any atom is 0.413 e. The third-order valence-corrected chi connectivity index (χ3v) is 1.83. The molecule has 0 saturated heterocycles. The first kappa shape index (κ1) is 17.0. The first-order valence-corrected chi connectivity index (χ1v) is 4.91. The van der Waals surface area contributed by atoms with Crippen molar-refractivity contribution in [2.24, 2.45) is 0 Å². The van der Waals surface area contributed by atoms with E-state index in [1.54, 1.807) is 0 Å². The highest BCUT2D eigenvalue weighted by Gasteiger charge is 2.32. The molecule has 0 rings (SSSR count). The second kappa shape index (κ2) is 5.08. The lowest BCUT2D eigenvalue weighted by atomic mass is 10.2. The van der Waals surface area contributed by atoms with E-state index in [0.29, 0.717) is 0 Å². The molecule has 9 heteroatoms. The number of alkyl halides is 3. The van der Waals surface area contributed by atoms with Gasteiger partial charge in [-0.05, 0) is 20.8 Å². The van der Waals surface area contributed by atoms with Crippen molar-refractivity contribution in [1.82, 2.24) is 0 Å². The van der Waals surface area contributed by atoms with E-state index in [9.17, 15) is 21.6 Å². The van der Waals surface area contributed by atoms with Crippen molar-refractivity contribution in [1.29, 1.82) is 0 Å². The van der Waals surface area contributed by atoms with Crippen LogP contribution in [0.4, 0.5) is 17.9 Å². The minimum atomic E-state index is -4.70. The average Bonchev–Trinajstić information content (AvgIpc) is 1.76. The van der Waals surface area contributed by atoms with E-state index in [0.717, 1.165) is 0 Å². The van der Waals surface area contributed by atoms with Crippen LogP contribution in [0, 0.1) is 0 Å². The lowest BCUT2D eigenvalue weighted by Gasteiger charge is -2.18. The number of hydrogen-bond acceptors (Lipinski definition) is 4. The Morgan fingerprint density at radius 1 is 1.13 bits per heavy atom. The molecule has 0 spiro atoms. The molecule has 0 atom stereocenters. The van der Waals surface area contributed by atoms with Crippen LogP contribution in [0.25, 0.3) is 0 Å². The molecule has 0 heterocycles. The fourth-order valence-corrected chi connectivity index (χ4v) is 1.41. The first-order valence-electron chi connectivity index (χ1n) is 3.58. The molecule has 0 aromatic carbocycles. The summed E-state index contributed by atoms with van der Waals surface area (Å²) >= 11 is 0. The highest BCUT2D eigenvalue weighted by atomic mass is 32.3. The van der Waals surface area contributed by atoms with Gasteiger partial charge in [-0.1, -0.05) is 0 Å². The Labute approximate surface area is 85.1 Å². The van der Waals surface area contributed by atoms with Gasteiger partial charge in [0.25, 0.3) is 0 Å². The second-order valence-corrected chi connectivity index (χ2v) is 4.70. The van der Waals surface area contributed by atoms with E-state index < -0.39 is 28.8 Å². The van der Waals surface area contributed by atoms with Crippen LogP contribution in [-0.4, -0.2) is 26.8 Å². The van der Waals surface area contributed by atoms with Gasteiger partial charge in [0.05, 0.1) is 5.60 Å². The van der Waals surface area contributed by atoms with Gasteiger partial charge in [0.1, 0.15) is 0 Å². The van der Waals surface area contributed by atoms with Crippen LogP contribution in [0.1, 0.15) is 20.8 Å². The van der Waals surface area contributed by atoms with Gasteiger partial charge in [-0.15, -0.1) is 0 Å². The summed E-state index contributed by atoms with van der Waals surface area (Å²) in [6, 6.07) is 0. The van der Waals surface area contributed by atoms with Crippen LogP contribution in [-0.2, 0) is 18.8 Å². The molecule has 94 valence electrons. The van der Waals surface area contributed by atoms with E-state index in [4.69, 9.17) is 0 Å². The Kier molecular flexibility index (Phi) is 5.76. The molecule has 0 N–H and O–H groups in total. The Bertz CT molecular complexity index is 276. The Balaban J connectivity index is 0. The van der Waals surface area contributed by atoms with Crippen LogP contribution >= 0.6 is 0 Å². The predicted molar refractivity (Wildman–Crippen MR) is 44.3 cm³/mol. The van der Waals surface area contributed by atoms with Crippen LogP contribution in [0.3, 0.4) is 0 Å². The largest absolute Gasteiger partial charge is 0.413 e. The second-order valence-electron chi connectivity index (χ2n) is 3.48. The summed E-state index contributed by atoms with van der Waals surface area (Å²) in [6.07, 6.45) is -4.70. The van der Waals surface area contributed by atoms with E-state index in [2.05, 4.69) is 8.37 Å². The molecule has 0 radical (unpaired) electrons. The number of halogens is 4. The van der Waals surface area contributed by atoms with Crippen molar-refractivity contribution >= 4 is 10.4 Å². The molecule has 0 aliphatic carbocycles. The van der Waals surface area contributed by atoms with E-state index in [1.165, 1.54) is 20.8 Å². The maximum absolute atomic E-state index is 11.6. The molecule has 4 nitrogen and oxygen atoms in total. The summed E-state index contributed by atoms with van der Waals surface area (Å²) < 4.78 is 64.1. The minimum absolute atomic E-state index is 0. The lowest BCUT2D eigenvalue weighted by Crippen LogP contribution is -2.28. The quantitative estimate of drug-likeness (QED) is 0.722. The predicted octanol–water partition coefficient (Wildman–Crippen LogP) is 1.78. The standard InChI is InChI=1S/C6H11F3O4S.FH/c1-5(2,3)13-14(10,11)12-4-6(7,8)9;/h4H2,1-3H3;1H. The van der Waals surface area contributed by atoms with Crippen LogP contribution in [0.15, 0.2) is 0 Å². The number of hydrogen-bond donors (Lipinski definition) is 0. The smallest absolute Gasteiger partial charge is 0.269 e. The fourth-order valence-electron chi connectivity index (χ4n) is 0.469. The molecule has 0 aromatic heterocycles. The van der Waals surface area contributed by atoms with E-state index in [1.807, 2.05) is 0 Å². The summed E-state index contributed by atoms with van der Waals surface area (Å²) in [5.41, 5.74) is -1.12. The molecule has 0 bridgehead atoms. The zero-order valence-corrected chi connectivity index (χ0v) is 9.11. The summed E-state index contributed by atoms with van der Waals surface area (Å²) in [5.74, 6) is 0. The highest BCUT2D eigenvalue weighted by Crippen LogP contribution is 2.18. The molecule has 0 fully saturated rings. The highest BCUT2D eigenvalue weighted by molar-refractivity contribution is 7.81. The van der Waals surface area contributed by atoms with Crippen molar-refractivity contribution in [2.75, 3.05) is 6.61 Å². The minimum Gasteiger partial charge on any atom is -0.269 e. The third-order valence-electron chi connectivity index (χ3n) is 0.719. The number of rotatable bonds is 3. The first-order chi connectivity index (χ1) is 5.91. The van der Waals surface area contributed by atoms with E-state index in [-0.39, 0.29) is 4.70 Å².